The third-order valence-electron chi connectivity index (χ3n) is 6.11. The van der Waals surface area contributed by atoms with E-state index in [-0.39, 0.29) is 0 Å². The van der Waals surface area contributed by atoms with Gasteiger partial charge in [-0.25, -0.2) is 15.0 Å². The number of aromatic nitrogens is 3. The second kappa shape index (κ2) is 9.73. The van der Waals surface area contributed by atoms with Crippen LogP contribution in [0.4, 0.5) is 0 Å². The van der Waals surface area contributed by atoms with E-state index in [9.17, 15) is 0 Å². The minimum Gasteiger partial charge on any atom is -0.303 e. The molecule has 4 heterocycles. The van der Waals surface area contributed by atoms with Crippen molar-refractivity contribution in [3.05, 3.63) is 47.2 Å². The Morgan fingerprint density at radius 2 is 1.87 bits per heavy atom. The van der Waals surface area contributed by atoms with Crippen LogP contribution < -0.4 is 0 Å². The molecule has 0 saturated carbocycles. The van der Waals surface area contributed by atoms with Crippen molar-refractivity contribution in [2.75, 3.05) is 38.5 Å². The van der Waals surface area contributed by atoms with Crippen LogP contribution in [0.25, 0.3) is 10.2 Å². The van der Waals surface area contributed by atoms with E-state index in [2.05, 4.69) is 45.1 Å². The number of likely N-dealkylation sites (tertiary alicyclic amines) is 2. The van der Waals surface area contributed by atoms with Crippen LogP contribution in [0.2, 0.25) is 0 Å². The van der Waals surface area contributed by atoms with Gasteiger partial charge in [-0.2, -0.15) is 0 Å². The van der Waals surface area contributed by atoms with Crippen LogP contribution in [-0.2, 0) is 6.54 Å². The molecule has 1 atom stereocenters. The molecule has 5 nitrogen and oxygen atoms in total. The average Bonchev–Trinajstić information content (AvgIpc) is 3.43. The number of benzene rings is 1. The molecule has 0 radical (unpaired) electrons. The van der Waals surface area contributed by atoms with E-state index in [1.807, 2.05) is 17.5 Å². The van der Waals surface area contributed by atoms with Crippen molar-refractivity contribution in [1.29, 1.82) is 0 Å². The normalized spacial score (nSPS) is 20.9. The van der Waals surface area contributed by atoms with Gasteiger partial charge < -0.3 is 4.90 Å². The molecule has 158 valence electrons. The van der Waals surface area contributed by atoms with Gasteiger partial charge in [-0.1, -0.05) is 23.9 Å². The molecule has 2 fully saturated rings. The number of nitrogens with zero attached hydrogens (tertiary/aromatic N) is 5. The summed E-state index contributed by atoms with van der Waals surface area (Å²) in [5, 5.41) is 2.16. The number of piperidine rings is 1. The maximum Gasteiger partial charge on any atom is 0.187 e. The molecule has 0 amide bonds. The van der Waals surface area contributed by atoms with Gasteiger partial charge in [0.1, 0.15) is 5.01 Å². The Balaban J connectivity index is 1.19. The van der Waals surface area contributed by atoms with Crippen LogP contribution in [0.1, 0.15) is 42.3 Å². The first-order chi connectivity index (χ1) is 14.8. The molecule has 5 rings (SSSR count). The predicted molar refractivity (Wildman–Crippen MR) is 125 cm³/mol. The van der Waals surface area contributed by atoms with Crippen molar-refractivity contribution < 1.29 is 0 Å². The highest BCUT2D eigenvalue weighted by molar-refractivity contribution is 7.99. The van der Waals surface area contributed by atoms with Gasteiger partial charge in [-0.15, -0.1) is 11.3 Å². The van der Waals surface area contributed by atoms with Gasteiger partial charge >= 0.3 is 0 Å². The third kappa shape index (κ3) is 5.02. The molecule has 2 aliphatic rings. The fourth-order valence-corrected chi connectivity index (χ4v) is 6.39. The second-order valence-corrected chi connectivity index (χ2v) is 10.5. The third-order valence-corrected chi connectivity index (χ3v) is 7.98. The van der Waals surface area contributed by atoms with Crippen LogP contribution in [-0.4, -0.2) is 63.2 Å². The van der Waals surface area contributed by atoms with Crippen molar-refractivity contribution in [3.8, 4) is 0 Å². The standard InChI is InChI=1S/C23H29N5S2/c1-2-8-21-20(7-1)25-22(30-21)17-28-13-5-6-18(16-28)19-9-10-24-23(26-19)29-15-14-27-11-3-4-12-27/h1-2,7-10,18H,3-6,11-17H2. The predicted octanol–water partition coefficient (Wildman–Crippen LogP) is 4.65. The summed E-state index contributed by atoms with van der Waals surface area (Å²) in [5.74, 6) is 1.58. The highest BCUT2D eigenvalue weighted by atomic mass is 32.2. The first kappa shape index (κ1) is 20.4. The molecule has 7 heteroatoms. The van der Waals surface area contributed by atoms with E-state index in [0.29, 0.717) is 5.92 Å². The smallest absolute Gasteiger partial charge is 0.187 e. The Labute approximate surface area is 186 Å². The average molecular weight is 440 g/mol. The van der Waals surface area contributed by atoms with Gasteiger partial charge in [0.05, 0.1) is 16.8 Å². The van der Waals surface area contributed by atoms with Gasteiger partial charge in [0.2, 0.25) is 0 Å². The van der Waals surface area contributed by atoms with Crippen molar-refractivity contribution in [1.82, 2.24) is 24.8 Å². The van der Waals surface area contributed by atoms with E-state index in [0.717, 1.165) is 42.6 Å². The summed E-state index contributed by atoms with van der Waals surface area (Å²) in [6.45, 7) is 6.82. The maximum atomic E-state index is 4.93. The summed E-state index contributed by atoms with van der Waals surface area (Å²) in [4.78, 5) is 19.4. The molecule has 30 heavy (non-hydrogen) atoms. The summed E-state index contributed by atoms with van der Waals surface area (Å²) in [5.41, 5.74) is 2.33. The van der Waals surface area contributed by atoms with Crippen molar-refractivity contribution in [2.45, 2.75) is 43.3 Å². The summed E-state index contributed by atoms with van der Waals surface area (Å²) < 4.78 is 1.28. The van der Waals surface area contributed by atoms with Crippen molar-refractivity contribution >= 4 is 33.3 Å². The summed E-state index contributed by atoms with van der Waals surface area (Å²) in [7, 11) is 0. The Bertz CT molecular complexity index is 936. The quantitative estimate of drug-likeness (QED) is 0.394. The van der Waals surface area contributed by atoms with Crippen LogP contribution >= 0.6 is 23.1 Å². The molecule has 0 bridgehead atoms. The van der Waals surface area contributed by atoms with Crippen LogP contribution in [0.5, 0.6) is 0 Å². The molecule has 2 aliphatic heterocycles. The fraction of sp³-hybridized carbons (Fsp3) is 0.522. The first-order valence-electron chi connectivity index (χ1n) is 11.1. The van der Waals surface area contributed by atoms with E-state index in [1.54, 1.807) is 11.8 Å². The summed E-state index contributed by atoms with van der Waals surface area (Å²) >= 11 is 3.63. The lowest BCUT2D eigenvalue weighted by Crippen LogP contribution is -2.34. The van der Waals surface area contributed by atoms with E-state index >= 15 is 0 Å². The lowest BCUT2D eigenvalue weighted by molar-refractivity contribution is 0.198. The topological polar surface area (TPSA) is 45.2 Å². The number of thiazole rings is 1. The summed E-state index contributed by atoms with van der Waals surface area (Å²) in [6, 6.07) is 10.6. The maximum absolute atomic E-state index is 4.93. The van der Waals surface area contributed by atoms with Gasteiger partial charge in [-0.3, -0.25) is 4.90 Å². The molecular formula is C23H29N5S2. The molecule has 1 unspecified atom stereocenters. The monoisotopic (exact) mass is 439 g/mol. The van der Waals surface area contributed by atoms with Crippen molar-refractivity contribution in [2.24, 2.45) is 0 Å². The zero-order valence-corrected chi connectivity index (χ0v) is 19.0. The highest BCUT2D eigenvalue weighted by Gasteiger charge is 2.23. The molecule has 0 aliphatic carbocycles. The van der Waals surface area contributed by atoms with Gasteiger partial charge in [-0.05, 0) is 63.5 Å². The zero-order chi connectivity index (χ0) is 20.2. The molecule has 3 aromatic rings. The van der Waals surface area contributed by atoms with Crippen LogP contribution in [0.3, 0.4) is 0 Å². The van der Waals surface area contributed by atoms with Crippen LogP contribution in [0.15, 0.2) is 41.7 Å². The molecular weight excluding hydrogens is 410 g/mol. The Morgan fingerprint density at radius 3 is 2.77 bits per heavy atom. The number of para-hydroxylation sites is 1. The minimum atomic E-state index is 0.495. The molecule has 2 saturated heterocycles. The first-order valence-corrected chi connectivity index (χ1v) is 12.9. The number of hydrogen-bond acceptors (Lipinski definition) is 7. The van der Waals surface area contributed by atoms with Gasteiger partial charge in [0.15, 0.2) is 5.16 Å². The van der Waals surface area contributed by atoms with E-state index in [1.165, 1.54) is 54.2 Å². The SMILES string of the molecule is c1ccc2sc(CN3CCCC(c4ccnc(SCCN5CCCC5)n4)C3)nc2c1. The molecule has 1 aromatic carbocycles. The number of hydrogen-bond donors (Lipinski definition) is 0. The fourth-order valence-electron chi connectivity index (χ4n) is 4.54. The lowest BCUT2D eigenvalue weighted by atomic mass is 9.94. The van der Waals surface area contributed by atoms with Crippen molar-refractivity contribution in [3.63, 3.8) is 0 Å². The molecule has 2 aromatic heterocycles. The van der Waals surface area contributed by atoms with Crippen LogP contribution in [0, 0.1) is 0 Å². The van der Waals surface area contributed by atoms with E-state index < -0.39 is 0 Å². The number of thioether (sulfide) groups is 1. The summed E-state index contributed by atoms with van der Waals surface area (Å²) in [6.07, 6.45) is 7.09. The second-order valence-electron chi connectivity index (χ2n) is 8.31. The number of fused-ring (bicyclic) bond motifs is 1. The molecule has 0 spiro atoms. The minimum absolute atomic E-state index is 0.495. The van der Waals surface area contributed by atoms with Gasteiger partial charge in [0.25, 0.3) is 0 Å². The lowest BCUT2D eigenvalue weighted by Gasteiger charge is -2.31. The molecule has 0 N–H and O–H groups in total. The zero-order valence-electron chi connectivity index (χ0n) is 17.4. The Hall–Kier alpha value is -1.54. The van der Waals surface area contributed by atoms with Gasteiger partial charge in [0, 0.05) is 36.7 Å². The number of rotatable bonds is 7. The Kier molecular flexibility index (Phi) is 6.60. The highest BCUT2D eigenvalue weighted by Crippen LogP contribution is 2.29. The largest absolute Gasteiger partial charge is 0.303 e. The van der Waals surface area contributed by atoms with E-state index in [4.69, 9.17) is 9.97 Å². The Morgan fingerprint density at radius 1 is 1.00 bits per heavy atom.